The van der Waals surface area contributed by atoms with E-state index in [0.29, 0.717) is 5.56 Å². The van der Waals surface area contributed by atoms with Gasteiger partial charge in [0.05, 0.1) is 0 Å². The van der Waals surface area contributed by atoms with Gasteiger partial charge in [-0.25, -0.2) is 0 Å². The second-order valence-corrected chi connectivity index (χ2v) is 5.37. The molecule has 0 aliphatic heterocycles. The van der Waals surface area contributed by atoms with Crippen molar-refractivity contribution in [2.45, 2.75) is 0 Å². The highest BCUT2D eigenvalue weighted by molar-refractivity contribution is 7.13. The molecule has 20 heavy (non-hydrogen) atoms. The lowest BCUT2D eigenvalue weighted by Gasteiger charge is -2.07. The van der Waals surface area contributed by atoms with Crippen LogP contribution in [0.1, 0.15) is 10.4 Å². The number of nitrogens with one attached hydrogen (secondary N) is 1. The zero-order valence-electron chi connectivity index (χ0n) is 10.7. The minimum atomic E-state index is 0.684. The number of benzene rings is 2. The van der Waals surface area contributed by atoms with Gasteiger partial charge in [-0.3, -0.25) is 4.79 Å². The van der Waals surface area contributed by atoms with Crippen LogP contribution in [0.5, 0.6) is 0 Å². The van der Waals surface area contributed by atoms with Crippen molar-refractivity contribution < 1.29 is 4.79 Å². The Morgan fingerprint density at radius 3 is 2.05 bits per heavy atom. The van der Waals surface area contributed by atoms with Crippen LogP contribution in [0.4, 0.5) is 11.4 Å². The summed E-state index contributed by atoms with van der Waals surface area (Å²) in [5.41, 5.74) is 3.91. The Labute approximate surface area is 121 Å². The first kappa shape index (κ1) is 12.6. The van der Waals surface area contributed by atoms with Gasteiger partial charge in [-0.1, -0.05) is 18.2 Å². The van der Waals surface area contributed by atoms with Gasteiger partial charge in [0.1, 0.15) is 6.29 Å². The minimum Gasteiger partial charge on any atom is -0.356 e. The Balaban J connectivity index is 1.76. The monoisotopic (exact) mass is 279 g/mol. The number of hydrogen-bond donors (Lipinski definition) is 1. The number of carbonyl (C=O) groups excluding carboxylic acids is 1. The topological polar surface area (TPSA) is 29.1 Å². The molecule has 2 aromatic carbocycles. The van der Waals surface area contributed by atoms with E-state index in [2.05, 4.69) is 47.1 Å². The van der Waals surface area contributed by atoms with E-state index >= 15 is 0 Å². The van der Waals surface area contributed by atoms with E-state index in [-0.39, 0.29) is 0 Å². The van der Waals surface area contributed by atoms with E-state index < -0.39 is 0 Å². The maximum atomic E-state index is 10.6. The molecular weight excluding hydrogens is 266 g/mol. The lowest BCUT2D eigenvalue weighted by Crippen LogP contribution is -1.90. The average Bonchev–Trinajstić information content (AvgIpc) is 3.03. The molecule has 3 heteroatoms. The second-order valence-electron chi connectivity index (χ2n) is 4.42. The summed E-state index contributed by atoms with van der Waals surface area (Å²) in [5.74, 6) is 0. The van der Waals surface area contributed by atoms with Crippen molar-refractivity contribution in [3.05, 3.63) is 71.6 Å². The molecule has 0 aliphatic carbocycles. The van der Waals surface area contributed by atoms with Crippen molar-refractivity contribution in [3.63, 3.8) is 0 Å². The maximum absolute atomic E-state index is 10.6. The lowest BCUT2D eigenvalue weighted by molar-refractivity contribution is 0.112. The number of rotatable bonds is 4. The molecule has 1 heterocycles. The fourth-order valence-corrected chi connectivity index (χ4v) is 2.71. The molecule has 2 nitrogen and oxygen atoms in total. The van der Waals surface area contributed by atoms with Crippen molar-refractivity contribution >= 4 is 29.0 Å². The van der Waals surface area contributed by atoms with E-state index in [4.69, 9.17) is 0 Å². The molecule has 0 amide bonds. The molecule has 3 aromatic rings. The van der Waals surface area contributed by atoms with E-state index in [1.165, 1.54) is 10.4 Å². The maximum Gasteiger partial charge on any atom is 0.150 e. The predicted molar refractivity (Wildman–Crippen MR) is 84.9 cm³/mol. The highest BCUT2D eigenvalue weighted by atomic mass is 32.1. The van der Waals surface area contributed by atoms with Crippen LogP contribution in [0.25, 0.3) is 10.4 Å². The molecule has 0 fully saturated rings. The smallest absolute Gasteiger partial charge is 0.150 e. The Kier molecular flexibility index (Phi) is 3.61. The predicted octanol–water partition coefficient (Wildman–Crippen LogP) is 4.97. The van der Waals surface area contributed by atoms with Crippen molar-refractivity contribution in [1.29, 1.82) is 0 Å². The normalized spacial score (nSPS) is 10.2. The summed E-state index contributed by atoms with van der Waals surface area (Å²) in [6.45, 7) is 0. The molecule has 0 saturated heterocycles. The zero-order chi connectivity index (χ0) is 13.8. The van der Waals surface area contributed by atoms with E-state index in [0.717, 1.165) is 17.7 Å². The van der Waals surface area contributed by atoms with Crippen LogP contribution in [0.3, 0.4) is 0 Å². The van der Waals surface area contributed by atoms with Gasteiger partial charge in [0, 0.05) is 21.8 Å². The van der Waals surface area contributed by atoms with Gasteiger partial charge in [-0.2, -0.15) is 0 Å². The molecule has 0 saturated carbocycles. The van der Waals surface area contributed by atoms with Crippen molar-refractivity contribution in [2.24, 2.45) is 0 Å². The van der Waals surface area contributed by atoms with Gasteiger partial charge in [-0.15, -0.1) is 11.3 Å². The standard InChI is InChI=1S/C17H13NOS/c19-12-13-3-7-15(8-4-13)18-16-9-5-14(6-10-16)17-2-1-11-20-17/h1-12,18H. The molecule has 98 valence electrons. The van der Waals surface area contributed by atoms with E-state index in [9.17, 15) is 4.79 Å². The third kappa shape index (κ3) is 2.78. The quantitative estimate of drug-likeness (QED) is 0.683. The van der Waals surface area contributed by atoms with Crippen LogP contribution in [0.15, 0.2) is 66.0 Å². The van der Waals surface area contributed by atoms with Crippen LogP contribution >= 0.6 is 11.3 Å². The summed E-state index contributed by atoms with van der Waals surface area (Å²) < 4.78 is 0. The summed E-state index contributed by atoms with van der Waals surface area (Å²) in [6.07, 6.45) is 0.847. The molecule has 1 N–H and O–H groups in total. The molecule has 0 radical (unpaired) electrons. The van der Waals surface area contributed by atoms with Crippen LogP contribution in [-0.2, 0) is 0 Å². The highest BCUT2D eigenvalue weighted by Crippen LogP contribution is 2.26. The molecule has 0 spiro atoms. The van der Waals surface area contributed by atoms with Gasteiger partial charge in [-0.05, 0) is 53.4 Å². The van der Waals surface area contributed by atoms with Gasteiger partial charge in [0.25, 0.3) is 0 Å². The zero-order valence-corrected chi connectivity index (χ0v) is 11.6. The van der Waals surface area contributed by atoms with Gasteiger partial charge in [0.15, 0.2) is 0 Å². The number of carbonyl (C=O) groups is 1. The van der Waals surface area contributed by atoms with E-state index in [1.54, 1.807) is 23.5 Å². The van der Waals surface area contributed by atoms with Crippen LogP contribution in [0, 0.1) is 0 Å². The fourth-order valence-electron chi connectivity index (χ4n) is 1.97. The first-order valence-electron chi connectivity index (χ1n) is 6.31. The first-order valence-corrected chi connectivity index (χ1v) is 7.19. The summed E-state index contributed by atoms with van der Waals surface area (Å²) >= 11 is 1.74. The number of hydrogen-bond acceptors (Lipinski definition) is 3. The lowest BCUT2D eigenvalue weighted by atomic mass is 10.1. The molecule has 3 rings (SSSR count). The number of anilines is 2. The van der Waals surface area contributed by atoms with Crippen LogP contribution in [0.2, 0.25) is 0 Å². The minimum absolute atomic E-state index is 0.684. The Morgan fingerprint density at radius 1 is 0.850 bits per heavy atom. The van der Waals surface area contributed by atoms with E-state index in [1.807, 2.05) is 12.1 Å². The van der Waals surface area contributed by atoms with Crippen molar-refractivity contribution in [2.75, 3.05) is 5.32 Å². The molecule has 1 aromatic heterocycles. The largest absolute Gasteiger partial charge is 0.356 e. The van der Waals surface area contributed by atoms with Crippen molar-refractivity contribution in [1.82, 2.24) is 0 Å². The summed E-state index contributed by atoms with van der Waals surface area (Å²) in [5, 5.41) is 5.39. The summed E-state index contributed by atoms with van der Waals surface area (Å²) in [4.78, 5) is 11.9. The third-order valence-corrected chi connectivity index (χ3v) is 3.94. The third-order valence-electron chi connectivity index (χ3n) is 3.03. The Hall–Kier alpha value is -2.39. The van der Waals surface area contributed by atoms with Crippen LogP contribution in [-0.4, -0.2) is 6.29 Å². The summed E-state index contributed by atoms with van der Waals surface area (Å²) in [6, 6.07) is 19.9. The number of thiophene rings is 1. The molecular formula is C17H13NOS. The average molecular weight is 279 g/mol. The SMILES string of the molecule is O=Cc1ccc(Nc2ccc(-c3cccs3)cc2)cc1. The van der Waals surface area contributed by atoms with Gasteiger partial charge in [0.2, 0.25) is 0 Å². The fraction of sp³-hybridized carbons (Fsp3) is 0. The Morgan fingerprint density at radius 2 is 1.50 bits per heavy atom. The first-order chi connectivity index (χ1) is 9.85. The highest BCUT2D eigenvalue weighted by Gasteiger charge is 1.99. The second kappa shape index (κ2) is 5.72. The number of aldehydes is 1. The Bertz CT molecular complexity index is 685. The summed E-state index contributed by atoms with van der Waals surface area (Å²) in [7, 11) is 0. The van der Waals surface area contributed by atoms with Crippen molar-refractivity contribution in [3.8, 4) is 10.4 Å². The molecule has 0 bridgehead atoms. The molecule has 0 aliphatic rings. The van der Waals surface area contributed by atoms with Gasteiger partial charge >= 0.3 is 0 Å². The van der Waals surface area contributed by atoms with Crippen LogP contribution < -0.4 is 5.32 Å². The molecule has 0 atom stereocenters. The van der Waals surface area contributed by atoms with Gasteiger partial charge < -0.3 is 5.32 Å². The molecule has 0 unspecified atom stereocenters.